The molecule has 1 rings (SSSR count). The van der Waals surface area contributed by atoms with E-state index in [9.17, 15) is 4.39 Å². The molecule has 0 bridgehead atoms. The van der Waals surface area contributed by atoms with Gasteiger partial charge in [0.2, 0.25) is 0 Å². The maximum absolute atomic E-state index is 14.2. The van der Waals surface area contributed by atoms with Crippen LogP contribution in [0.4, 0.5) is 4.39 Å². The summed E-state index contributed by atoms with van der Waals surface area (Å²) in [7, 11) is 1.74. The minimum absolute atomic E-state index is 0.282. The smallest absolute Gasteiger partial charge is 0.145 e. The molecule has 0 saturated carbocycles. The fourth-order valence-corrected chi connectivity index (χ4v) is 2.15. The highest BCUT2D eigenvalue weighted by Crippen LogP contribution is 2.31. The Kier molecular flexibility index (Phi) is 4.34. The summed E-state index contributed by atoms with van der Waals surface area (Å²) < 4.78 is 14.2. The van der Waals surface area contributed by atoms with Crippen LogP contribution in [0.3, 0.4) is 0 Å². The van der Waals surface area contributed by atoms with Crippen LogP contribution >= 0.6 is 11.6 Å². The summed E-state index contributed by atoms with van der Waals surface area (Å²) in [5.41, 5.74) is 0.301. The molecule has 1 aromatic rings. The van der Waals surface area contributed by atoms with Crippen molar-refractivity contribution in [3.05, 3.63) is 34.3 Å². The molecule has 0 aliphatic heterocycles. The Morgan fingerprint density at radius 1 is 1.44 bits per heavy atom. The second-order valence-corrected chi connectivity index (χ2v) is 5.03. The van der Waals surface area contributed by atoms with Gasteiger partial charge in [0.05, 0.1) is 0 Å². The van der Waals surface area contributed by atoms with E-state index < -0.39 is 5.67 Å². The minimum Gasteiger partial charge on any atom is -0.316 e. The molecule has 1 atom stereocenters. The van der Waals surface area contributed by atoms with E-state index in [0.717, 1.165) is 5.56 Å². The average Bonchev–Trinajstić information content (AvgIpc) is 2.16. The fraction of sp³-hybridized carbons (Fsp3) is 0.538. The predicted molar refractivity (Wildman–Crippen MR) is 67.9 cm³/mol. The van der Waals surface area contributed by atoms with Crippen molar-refractivity contribution in [2.75, 3.05) is 13.6 Å². The van der Waals surface area contributed by atoms with Crippen molar-refractivity contribution in [1.29, 1.82) is 0 Å². The van der Waals surface area contributed by atoms with Gasteiger partial charge in [0.1, 0.15) is 5.67 Å². The van der Waals surface area contributed by atoms with E-state index in [2.05, 4.69) is 19.2 Å². The third kappa shape index (κ3) is 2.96. The molecule has 0 aromatic heterocycles. The van der Waals surface area contributed by atoms with Gasteiger partial charge in [0.15, 0.2) is 0 Å². The number of halogens is 2. The number of rotatable bonds is 4. The lowest BCUT2D eigenvalue weighted by molar-refractivity contribution is 0.191. The third-order valence-corrected chi connectivity index (χ3v) is 3.06. The first-order valence-corrected chi connectivity index (χ1v) is 5.89. The van der Waals surface area contributed by atoms with Gasteiger partial charge in [-0.2, -0.15) is 0 Å². The zero-order chi connectivity index (χ0) is 12.3. The first-order chi connectivity index (χ1) is 7.38. The van der Waals surface area contributed by atoms with E-state index >= 15 is 0 Å². The third-order valence-electron chi connectivity index (χ3n) is 2.73. The monoisotopic (exact) mass is 243 g/mol. The summed E-state index contributed by atoms with van der Waals surface area (Å²) >= 11 is 6.14. The zero-order valence-corrected chi connectivity index (χ0v) is 11.0. The zero-order valence-electron chi connectivity index (χ0n) is 10.3. The molecule has 1 aromatic carbocycles. The Labute approximate surface area is 102 Å². The molecule has 0 aliphatic carbocycles. The van der Waals surface area contributed by atoms with Crippen molar-refractivity contribution in [2.24, 2.45) is 0 Å². The summed E-state index contributed by atoms with van der Waals surface area (Å²) in [4.78, 5) is 0. The lowest BCUT2D eigenvalue weighted by Crippen LogP contribution is -2.29. The van der Waals surface area contributed by atoms with Gasteiger partial charge in [-0.25, -0.2) is 4.39 Å². The fourth-order valence-electron chi connectivity index (χ4n) is 1.75. The van der Waals surface area contributed by atoms with E-state index in [4.69, 9.17) is 11.6 Å². The highest BCUT2D eigenvalue weighted by Gasteiger charge is 2.25. The van der Waals surface area contributed by atoms with Crippen molar-refractivity contribution >= 4 is 11.6 Å². The highest BCUT2D eigenvalue weighted by molar-refractivity contribution is 6.31. The Hall–Kier alpha value is -0.600. The van der Waals surface area contributed by atoms with Gasteiger partial charge in [-0.1, -0.05) is 37.6 Å². The van der Waals surface area contributed by atoms with Crippen molar-refractivity contribution in [1.82, 2.24) is 5.32 Å². The first kappa shape index (κ1) is 13.5. The van der Waals surface area contributed by atoms with Crippen molar-refractivity contribution in [3.8, 4) is 0 Å². The Bertz CT molecular complexity index is 361. The Morgan fingerprint density at radius 3 is 2.50 bits per heavy atom. The van der Waals surface area contributed by atoms with Crippen molar-refractivity contribution < 1.29 is 4.39 Å². The van der Waals surface area contributed by atoms with Crippen LogP contribution in [-0.4, -0.2) is 13.6 Å². The van der Waals surface area contributed by atoms with Crippen LogP contribution < -0.4 is 5.32 Å². The second kappa shape index (κ2) is 5.15. The molecule has 0 fully saturated rings. The van der Waals surface area contributed by atoms with Gasteiger partial charge in [-0.05, 0) is 37.1 Å². The summed E-state index contributed by atoms with van der Waals surface area (Å²) in [6.07, 6.45) is 0. The van der Waals surface area contributed by atoms with E-state index in [1.807, 2.05) is 12.1 Å². The van der Waals surface area contributed by atoms with E-state index in [1.54, 1.807) is 20.0 Å². The van der Waals surface area contributed by atoms with E-state index in [0.29, 0.717) is 16.5 Å². The van der Waals surface area contributed by atoms with Gasteiger partial charge < -0.3 is 5.32 Å². The molecule has 16 heavy (non-hydrogen) atoms. The molecule has 0 amide bonds. The number of alkyl halides is 1. The predicted octanol–water partition coefficient (Wildman–Crippen LogP) is 3.87. The quantitative estimate of drug-likeness (QED) is 0.847. The number of hydrogen-bond acceptors (Lipinski definition) is 1. The molecule has 1 unspecified atom stereocenters. The number of likely N-dealkylation sites (N-methyl/N-ethyl adjacent to an activating group) is 1. The molecule has 1 nitrogen and oxygen atoms in total. The maximum Gasteiger partial charge on any atom is 0.145 e. The minimum atomic E-state index is -1.38. The number of benzene rings is 1. The van der Waals surface area contributed by atoms with Gasteiger partial charge in [0.25, 0.3) is 0 Å². The van der Waals surface area contributed by atoms with Crippen LogP contribution in [0.25, 0.3) is 0 Å². The SMILES string of the molecule is CNCC(C)(F)c1ccc(C(C)C)c(Cl)c1. The van der Waals surface area contributed by atoms with Crippen LogP contribution in [0, 0.1) is 0 Å². The normalized spacial score (nSPS) is 15.2. The standard InChI is InChI=1S/C13H19ClFN/c1-9(2)11-6-5-10(7-12(11)14)13(3,15)8-16-4/h5-7,9,16H,8H2,1-4H3. The molecule has 1 N–H and O–H groups in total. The van der Waals surface area contributed by atoms with Crippen LogP contribution in [0.1, 0.15) is 37.8 Å². The van der Waals surface area contributed by atoms with Crippen molar-refractivity contribution in [3.63, 3.8) is 0 Å². The molecule has 90 valence electrons. The summed E-state index contributed by atoms with van der Waals surface area (Å²) in [5.74, 6) is 0.358. The molecule has 3 heteroatoms. The molecular formula is C13H19ClFN. The van der Waals surface area contributed by atoms with Gasteiger partial charge in [-0.3, -0.25) is 0 Å². The van der Waals surface area contributed by atoms with E-state index in [-0.39, 0.29) is 6.54 Å². The van der Waals surface area contributed by atoms with Crippen molar-refractivity contribution in [2.45, 2.75) is 32.4 Å². The summed E-state index contributed by atoms with van der Waals surface area (Å²) in [5, 5.41) is 3.49. The van der Waals surface area contributed by atoms with E-state index in [1.165, 1.54) is 0 Å². The van der Waals surface area contributed by atoms with Crippen LogP contribution in [0.5, 0.6) is 0 Å². The molecule has 0 spiro atoms. The highest BCUT2D eigenvalue weighted by atomic mass is 35.5. The Morgan fingerprint density at radius 2 is 2.06 bits per heavy atom. The van der Waals surface area contributed by atoms with Gasteiger partial charge in [-0.15, -0.1) is 0 Å². The van der Waals surface area contributed by atoms with Crippen LogP contribution in [0.15, 0.2) is 18.2 Å². The largest absolute Gasteiger partial charge is 0.316 e. The van der Waals surface area contributed by atoms with Crippen LogP contribution in [-0.2, 0) is 5.67 Å². The lowest BCUT2D eigenvalue weighted by atomic mass is 9.94. The van der Waals surface area contributed by atoms with Gasteiger partial charge in [0, 0.05) is 11.6 Å². The molecule has 0 saturated heterocycles. The second-order valence-electron chi connectivity index (χ2n) is 4.62. The first-order valence-electron chi connectivity index (χ1n) is 5.52. The molecule has 0 heterocycles. The maximum atomic E-state index is 14.2. The van der Waals surface area contributed by atoms with Gasteiger partial charge >= 0.3 is 0 Å². The summed E-state index contributed by atoms with van der Waals surface area (Å²) in [6.45, 7) is 5.99. The lowest BCUT2D eigenvalue weighted by Gasteiger charge is -2.21. The number of nitrogens with one attached hydrogen (secondary N) is 1. The number of hydrogen-bond donors (Lipinski definition) is 1. The summed E-state index contributed by atoms with van der Waals surface area (Å²) in [6, 6.07) is 5.46. The Balaban J connectivity index is 3.05. The molecular weight excluding hydrogens is 225 g/mol. The molecule has 0 radical (unpaired) electrons. The molecule has 0 aliphatic rings. The topological polar surface area (TPSA) is 12.0 Å². The average molecular weight is 244 g/mol. The van der Waals surface area contributed by atoms with Crippen LogP contribution in [0.2, 0.25) is 5.02 Å².